The fraction of sp³-hybridized carbons (Fsp3) is 0.357. The van der Waals surface area contributed by atoms with Gasteiger partial charge in [0.2, 0.25) is 0 Å². The van der Waals surface area contributed by atoms with E-state index in [0.717, 1.165) is 48.1 Å². The molecule has 6 rings (SSSR count). The van der Waals surface area contributed by atoms with E-state index in [-0.39, 0.29) is 24.4 Å². The minimum atomic E-state index is -0.430. The number of nitrogens with zero attached hydrogens (tertiary/aromatic N) is 2. The summed E-state index contributed by atoms with van der Waals surface area (Å²) in [5.74, 6) is 2.14. The first kappa shape index (κ1) is 25.0. The van der Waals surface area contributed by atoms with E-state index in [0.29, 0.717) is 23.1 Å². The van der Waals surface area contributed by atoms with Crippen LogP contribution in [0.3, 0.4) is 0 Å². The Labute approximate surface area is 212 Å². The third kappa shape index (κ3) is 4.86. The number of benzene rings is 2. The molecule has 184 valence electrons. The number of carbonyl (C=O) groups excluding carboxylic acids is 1. The summed E-state index contributed by atoms with van der Waals surface area (Å²) < 4.78 is 17.0. The Kier molecular flexibility index (Phi) is 7.63. The molecule has 3 aliphatic heterocycles. The van der Waals surface area contributed by atoms with Crippen molar-refractivity contribution in [2.75, 3.05) is 27.3 Å². The van der Waals surface area contributed by atoms with Gasteiger partial charge >= 0.3 is 5.97 Å². The molecule has 5 unspecified atom stereocenters. The molecule has 3 aliphatic rings. The molecular formula is C28H31ClN2O4. The Morgan fingerprint density at radius 3 is 2.51 bits per heavy atom. The lowest BCUT2D eigenvalue weighted by atomic mass is 9.73. The summed E-state index contributed by atoms with van der Waals surface area (Å²) in [5.41, 5.74) is 2.31. The molecule has 3 saturated heterocycles. The van der Waals surface area contributed by atoms with Crippen molar-refractivity contribution in [3.63, 3.8) is 0 Å². The molecule has 4 heterocycles. The first-order chi connectivity index (χ1) is 16.6. The second kappa shape index (κ2) is 10.7. The van der Waals surface area contributed by atoms with E-state index in [1.54, 1.807) is 44.7 Å². The van der Waals surface area contributed by atoms with Gasteiger partial charge in [0, 0.05) is 23.7 Å². The van der Waals surface area contributed by atoms with Gasteiger partial charge < -0.3 is 14.2 Å². The summed E-state index contributed by atoms with van der Waals surface area (Å²) in [6.07, 6.45) is 5.56. The highest BCUT2D eigenvalue weighted by molar-refractivity contribution is 5.90. The van der Waals surface area contributed by atoms with Crippen molar-refractivity contribution in [3.05, 3.63) is 78.5 Å². The van der Waals surface area contributed by atoms with Crippen LogP contribution >= 0.6 is 12.4 Å². The summed E-state index contributed by atoms with van der Waals surface area (Å²) in [7, 11) is 3.26. The van der Waals surface area contributed by atoms with Crippen LogP contribution in [0.4, 0.5) is 0 Å². The molecule has 5 atom stereocenters. The van der Waals surface area contributed by atoms with Crippen LogP contribution in [-0.4, -0.2) is 49.2 Å². The number of aromatic nitrogens is 1. The van der Waals surface area contributed by atoms with Crippen molar-refractivity contribution in [2.45, 2.75) is 25.0 Å². The first-order valence-electron chi connectivity index (χ1n) is 11.8. The van der Waals surface area contributed by atoms with Crippen LogP contribution in [0.25, 0.3) is 10.9 Å². The zero-order chi connectivity index (χ0) is 23.7. The Morgan fingerprint density at radius 2 is 1.86 bits per heavy atom. The van der Waals surface area contributed by atoms with Gasteiger partial charge in [-0.05, 0) is 79.8 Å². The molecule has 1 aromatic heterocycles. The van der Waals surface area contributed by atoms with Gasteiger partial charge in [0.25, 0.3) is 0 Å². The van der Waals surface area contributed by atoms with E-state index in [1.165, 1.54) is 0 Å². The van der Waals surface area contributed by atoms with Crippen LogP contribution in [-0.2, 0) is 4.74 Å². The minimum Gasteiger partial charge on any atom is -0.497 e. The summed E-state index contributed by atoms with van der Waals surface area (Å²) in [5, 5.41) is 0.942. The summed E-state index contributed by atoms with van der Waals surface area (Å²) in [4.78, 5) is 20.3. The van der Waals surface area contributed by atoms with Crippen LogP contribution in [0.1, 0.15) is 34.9 Å². The fourth-order valence-electron chi connectivity index (χ4n) is 5.47. The highest BCUT2D eigenvalue weighted by Gasteiger charge is 2.44. The van der Waals surface area contributed by atoms with Crippen molar-refractivity contribution in [3.8, 4) is 11.5 Å². The van der Waals surface area contributed by atoms with Crippen LogP contribution in [0, 0.1) is 11.8 Å². The molecule has 2 aromatic carbocycles. The third-order valence-corrected chi connectivity index (χ3v) is 7.35. The Hall–Kier alpha value is -3.09. The number of halogens is 1. The molecule has 3 aromatic rings. The van der Waals surface area contributed by atoms with Gasteiger partial charge in [-0.3, -0.25) is 9.88 Å². The molecule has 0 saturated carbocycles. The number of piperidine rings is 3. The Bertz CT molecular complexity index is 1200. The normalized spacial score (nSPS) is 23.7. The van der Waals surface area contributed by atoms with E-state index < -0.39 is 6.10 Å². The van der Waals surface area contributed by atoms with Gasteiger partial charge in [-0.1, -0.05) is 6.08 Å². The maximum atomic E-state index is 13.3. The minimum absolute atomic E-state index is 0. The molecule has 2 bridgehead atoms. The Balaban J connectivity index is 0.00000289. The predicted octanol–water partition coefficient (Wildman–Crippen LogP) is 5.47. The largest absolute Gasteiger partial charge is 0.497 e. The number of hydrogen-bond donors (Lipinski definition) is 0. The molecule has 3 fully saturated rings. The van der Waals surface area contributed by atoms with Crippen molar-refractivity contribution >= 4 is 29.3 Å². The quantitative estimate of drug-likeness (QED) is 0.320. The molecule has 7 heteroatoms. The predicted molar refractivity (Wildman–Crippen MR) is 138 cm³/mol. The van der Waals surface area contributed by atoms with Crippen LogP contribution in [0.15, 0.2) is 67.4 Å². The number of fused-ring (bicyclic) bond motifs is 4. The standard InChI is InChI=1S/C28H30N2O4.ClH/c1-4-18-17-30-14-12-20(18)15-26(30)27(34-28(31)19-5-7-21(32-2)8-6-19)23-11-13-29-25-10-9-22(33-3)16-24(23)25;/h4-11,13,16,18,20,26-27H,1,12,14-15,17H2,2-3H3;1H. The zero-order valence-electron chi connectivity index (χ0n) is 20.1. The smallest absolute Gasteiger partial charge is 0.338 e. The molecule has 0 amide bonds. The Morgan fingerprint density at radius 1 is 1.11 bits per heavy atom. The lowest BCUT2D eigenvalue weighted by Crippen LogP contribution is -2.55. The van der Waals surface area contributed by atoms with E-state index in [9.17, 15) is 4.79 Å². The number of esters is 1. The van der Waals surface area contributed by atoms with E-state index >= 15 is 0 Å². The third-order valence-electron chi connectivity index (χ3n) is 7.35. The maximum absolute atomic E-state index is 13.3. The molecule has 35 heavy (non-hydrogen) atoms. The highest BCUT2D eigenvalue weighted by Crippen LogP contribution is 2.44. The average Bonchev–Trinajstić information content (AvgIpc) is 2.91. The van der Waals surface area contributed by atoms with Gasteiger partial charge in [0.1, 0.15) is 17.6 Å². The highest BCUT2D eigenvalue weighted by atomic mass is 35.5. The van der Waals surface area contributed by atoms with E-state index in [1.807, 2.05) is 24.3 Å². The monoisotopic (exact) mass is 494 g/mol. The summed E-state index contributed by atoms with van der Waals surface area (Å²) >= 11 is 0. The van der Waals surface area contributed by atoms with Crippen LogP contribution in [0.5, 0.6) is 11.5 Å². The molecule has 0 N–H and O–H groups in total. The average molecular weight is 495 g/mol. The topological polar surface area (TPSA) is 60.9 Å². The number of carbonyl (C=O) groups is 1. The second-order valence-corrected chi connectivity index (χ2v) is 9.08. The summed E-state index contributed by atoms with van der Waals surface area (Å²) in [6.45, 7) is 6.00. The van der Waals surface area contributed by atoms with E-state index in [2.05, 4.69) is 22.5 Å². The molecular weight excluding hydrogens is 464 g/mol. The van der Waals surface area contributed by atoms with Crippen molar-refractivity contribution < 1.29 is 19.0 Å². The maximum Gasteiger partial charge on any atom is 0.338 e. The molecule has 0 aliphatic carbocycles. The summed E-state index contributed by atoms with van der Waals surface area (Å²) in [6, 6.07) is 14.9. The van der Waals surface area contributed by atoms with Crippen molar-refractivity contribution in [2.24, 2.45) is 11.8 Å². The zero-order valence-corrected chi connectivity index (χ0v) is 20.9. The number of ether oxygens (including phenoxy) is 3. The first-order valence-corrected chi connectivity index (χ1v) is 11.8. The van der Waals surface area contributed by atoms with Gasteiger partial charge in [0.15, 0.2) is 0 Å². The van der Waals surface area contributed by atoms with Gasteiger partial charge in [-0.15, -0.1) is 19.0 Å². The lowest BCUT2D eigenvalue weighted by Gasteiger charge is -2.51. The van der Waals surface area contributed by atoms with Crippen molar-refractivity contribution in [1.82, 2.24) is 9.88 Å². The lowest BCUT2D eigenvalue weighted by molar-refractivity contribution is -0.0568. The number of rotatable bonds is 7. The SMILES string of the molecule is C=CC1CN2CCC1CC2C(OC(=O)c1ccc(OC)cc1)c1ccnc2ccc(OC)cc12.Cl. The van der Waals surface area contributed by atoms with Gasteiger partial charge in [-0.25, -0.2) is 4.79 Å². The fourth-order valence-corrected chi connectivity index (χ4v) is 5.47. The van der Waals surface area contributed by atoms with Crippen LogP contribution < -0.4 is 9.47 Å². The number of hydrogen-bond acceptors (Lipinski definition) is 6. The van der Waals surface area contributed by atoms with Crippen molar-refractivity contribution in [1.29, 1.82) is 0 Å². The van der Waals surface area contributed by atoms with Gasteiger partial charge in [-0.2, -0.15) is 0 Å². The molecule has 6 nitrogen and oxygen atoms in total. The molecule has 0 radical (unpaired) electrons. The van der Waals surface area contributed by atoms with E-state index in [4.69, 9.17) is 14.2 Å². The number of methoxy groups -OCH3 is 2. The molecule has 0 spiro atoms. The van der Waals surface area contributed by atoms with Gasteiger partial charge in [0.05, 0.1) is 31.3 Å². The van der Waals surface area contributed by atoms with Crippen LogP contribution in [0.2, 0.25) is 0 Å². The second-order valence-electron chi connectivity index (χ2n) is 9.08. The number of pyridine rings is 1.